The van der Waals surface area contributed by atoms with Gasteiger partial charge < -0.3 is 4.74 Å². The summed E-state index contributed by atoms with van der Waals surface area (Å²) < 4.78 is 31.9. The van der Waals surface area contributed by atoms with Crippen LogP contribution in [0.15, 0.2) is 41.3 Å². The van der Waals surface area contributed by atoms with Crippen molar-refractivity contribution in [2.45, 2.75) is 31.6 Å². The van der Waals surface area contributed by atoms with E-state index in [4.69, 9.17) is 27.9 Å². The van der Waals surface area contributed by atoms with Crippen molar-refractivity contribution in [3.63, 3.8) is 0 Å². The van der Waals surface area contributed by atoms with Crippen molar-refractivity contribution < 1.29 is 17.9 Å². The van der Waals surface area contributed by atoms with Crippen molar-refractivity contribution in [2.24, 2.45) is 0 Å². The van der Waals surface area contributed by atoms with Crippen LogP contribution in [0.2, 0.25) is 10.0 Å². The van der Waals surface area contributed by atoms with Crippen LogP contribution in [-0.2, 0) is 14.8 Å². The summed E-state index contributed by atoms with van der Waals surface area (Å²) in [4.78, 5) is 11.8. The average molecular weight is 416 g/mol. The lowest BCUT2D eigenvalue weighted by Crippen LogP contribution is -2.30. The Morgan fingerprint density at radius 3 is 2.35 bits per heavy atom. The number of hydrogen-bond donors (Lipinski definition) is 1. The van der Waals surface area contributed by atoms with E-state index in [1.165, 1.54) is 18.2 Å². The molecule has 0 radical (unpaired) electrons. The molecule has 26 heavy (non-hydrogen) atoms. The zero-order valence-corrected chi connectivity index (χ0v) is 16.7. The summed E-state index contributed by atoms with van der Waals surface area (Å²) in [6.07, 6.45) is 0.375. The van der Waals surface area contributed by atoms with Gasteiger partial charge in [-0.3, -0.25) is 4.79 Å². The first-order valence-electron chi connectivity index (χ1n) is 7.90. The second-order valence-corrected chi connectivity index (χ2v) is 8.22. The lowest BCUT2D eigenvalue weighted by molar-refractivity contribution is -0.119. The molecule has 140 valence electrons. The highest BCUT2D eigenvalue weighted by Gasteiger charge is 2.20. The number of amides is 1. The molecule has 5 nitrogen and oxygen atoms in total. The maximum absolute atomic E-state index is 12.2. The van der Waals surface area contributed by atoms with Crippen LogP contribution in [0.1, 0.15) is 24.0 Å². The fourth-order valence-electron chi connectivity index (χ4n) is 2.33. The van der Waals surface area contributed by atoms with E-state index in [2.05, 4.69) is 0 Å². The summed E-state index contributed by atoms with van der Waals surface area (Å²) in [6, 6.07) is 9.57. The van der Waals surface area contributed by atoms with Gasteiger partial charge in [0.25, 0.3) is 10.0 Å². The summed E-state index contributed by atoms with van der Waals surface area (Å²) in [7, 11) is -3.98. The van der Waals surface area contributed by atoms with Crippen LogP contribution in [0.4, 0.5) is 0 Å². The Morgan fingerprint density at radius 2 is 1.73 bits per heavy atom. The second-order valence-electron chi connectivity index (χ2n) is 5.78. The Labute approximate surface area is 163 Å². The van der Waals surface area contributed by atoms with E-state index in [1.807, 2.05) is 30.7 Å². The Morgan fingerprint density at radius 1 is 1.12 bits per heavy atom. The molecule has 0 saturated carbocycles. The summed E-state index contributed by atoms with van der Waals surface area (Å²) in [5.41, 5.74) is 1.82. The minimum atomic E-state index is -3.98. The number of aryl methyl sites for hydroxylation is 2. The predicted octanol–water partition coefficient (Wildman–Crippen LogP) is 4.27. The van der Waals surface area contributed by atoms with Crippen molar-refractivity contribution in [2.75, 3.05) is 6.61 Å². The summed E-state index contributed by atoms with van der Waals surface area (Å²) in [5, 5.41) is 0.756. The molecule has 0 saturated heterocycles. The fraction of sp³-hybridized carbons (Fsp3) is 0.278. The minimum Gasteiger partial charge on any atom is -0.494 e. The Hall–Kier alpha value is -1.76. The molecule has 0 aliphatic rings. The van der Waals surface area contributed by atoms with E-state index in [1.54, 1.807) is 6.07 Å². The van der Waals surface area contributed by atoms with E-state index in [9.17, 15) is 13.2 Å². The Bertz CT molecular complexity index is 890. The summed E-state index contributed by atoms with van der Waals surface area (Å²) >= 11 is 12.0. The number of nitrogens with one attached hydrogen (secondary N) is 1. The van der Waals surface area contributed by atoms with Crippen molar-refractivity contribution in [1.29, 1.82) is 0 Å². The molecule has 0 spiro atoms. The van der Waals surface area contributed by atoms with Gasteiger partial charge >= 0.3 is 0 Å². The number of carbonyl (C=O) groups is 1. The molecular weight excluding hydrogens is 397 g/mol. The quantitative estimate of drug-likeness (QED) is 0.684. The number of hydrogen-bond acceptors (Lipinski definition) is 4. The summed E-state index contributed by atoms with van der Waals surface area (Å²) in [6.45, 7) is 4.05. The topological polar surface area (TPSA) is 72.5 Å². The monoisotopic (exact) mass is 415 g/mol. The number of halogens is 2. The van der Waals surface area contributed by atoms with Gasteiger partial charge in [-0.1, -0.05) is 35.3 Å². The number of rotatable bonds is 7. The summed E-state index contributed by atoms with van der Waals surface area (Å²) in [5.74, 6) is 0.0467. The average Bonchev–Trinajstić information content (AvgIpc) is 2.56. The molecule has 0 aliphatic carbocycles. The third-order valence-corrected chi connectivity index (χ3v) is 6.07. The fourth-order valence-corrected chi connectivity index (χ4v) is 3.97. The van der Waals surface area contributed by atoms with Crippen molar-refractivity contribution >= 4 is 39.1 Å². The van der Waals surface area contributed by atoms with E-state index < -0.39 is 15.9 Å². The molecule has 2 aromatic carbocycles. The highest BCUT2D eigenvalue weighted by molar-refractivity contribution is 7.90. The standard InChI is InChI=1S/C18H19Cl2NO4S/c1-12-10-14(11-13(2)18(12)20)25-9-5-8-17(22)21-26(23,24)16-7-4-3-6-15(16)19/h3-4,6-7,10-11H,5,8-9H2,1-2H3,(H,21,22). The molecule has 2 rings (SSSR count). The van der Waals surface area contributed by atoms with E-state index >= 15 is 0 Å². The molecule has 1 amide bonds. The SMILES string of the molecule is Cc1cc(OCCCC(=O)NS(=O)(=O)c2ccccc2Cl)cc(C)c1Cl. The van der Waals surface area contributed by atoms with Gasteiger partial charge in [-0.15, -0.1) is 0 Å². The van der Waals surface area contributed by atoms with Crippen LogP contribution in [-0.4, -0.2) is 20.9 Å². The molecule has 0 unspecified atom stereocenters. The molecule has 0 aliphatic heterocycles. The van der Waals surface area contributed by atoms with Crippen LogP contribution in [0.5, 0.6) is 5.75 Å². The first kappa shape index (κ1) is 20.6. The first-order valence-corrected chi connectivity index (χ1v) is 10.1. The number of sulfonamides is 1. The lowest BCUT2D eigenvalue weighted by atomic mass is 10.1. The predicted molar refractivity (Wildman–Crippen MR) is 102 cm³/mol. The largest absolute Gasteiger partial charge is 0.494 e. The van der Waals surface area contributed by atoms with Gasteiger partial charge in [0.15, 0.2) is 0 Å². The van der Waals surface area contributed by atoms with Gasteiger partial charge in [-0.25, -0.2) is 13.1 Å². The van der Waals surface area contributed by atoms with Crippen LogP contribution < -0.4 is 9.46 Å². The van der Waals surface area contributed by atoms with Gasteiger partial charge in [0.1, 0.15) is 10.6 Å². The molecule has 0 heterocycles. The second kappa shape index (κ2) is 8.75. The van der Waals surface area contributed by atoms with Gasteiger partial charge in [-0.05, 0) is 55.7 Å². The normalized spacial score (nSPS) is 11.2. The third-order valence-electron chi connectivity index (χ3n) is 3.60. The zero-order chi connectivity index (χ0) is 19.3. The zero-order valence-electron chi connectivity index (χ0n) is 14.4. The van der Waals surface area contributed by atoms with Gasteiger partial charge in [0.05, 0.1) is 11.6 Å². The number of carbonyl (C=O) groups excluding carboxylic acids is 1. The number of ether oxygens (including phenoxy) is 1. The van der Waals surface area contributed by atoms with Gasteiger partial charge in [-0.2, -0.15) is 0 Å². The van der Waals surface area contributed by atoms with Crippen molar-refractivity contribution in [1.82, 2.24) is 4.72 Å². The molecule has 0 aromatic heterocycles. The number of benzene rings is 2. The molecule has 0 bridgehead atoms. The molecule has 0 atom stereocenters. The minimum absolute atomic E-state index is 0.00916. The van der Waals surface area contributed by atoms with Crippen LogP contribution in [0.3, 0.4) is 0 Å². The third kappa shape index (κ3) is 5.37. The lowest BCUT2D eigenvalue weighted by Gasteiger charge is -2.10. The van der Waals surface area contributed by atoms with E-state index in [-0.39, 0.29) is 22.9 Å². The molecule has 2 aromatic rings. The highest BCUT2D eigenvalue weighted by Crippen LogP contribution is 2.26. The van der Waals surface area contributed by atoms with E-state index in [0.29, 0.717) is 17.2 Å². The van der Waals surface area contributed by atoms with Crippen LogP contribution in [0, 0.1) is 13.8 Å². The first-order chi connectivity index (χ1) is 12.2. The van der Waals surface area contributed by atoms with Crippen LogP contribution in [0.25, 0.3) is 0 Å². The van der Waals surface area contributed by atoms with Gasteiger partial charge in [0, 0.05) is 11.4 Å². The Kier molecular flexibility index (Phi) is 6.92. The Balaban J connectivity index is 1.85. The maximum atomic E-state index is 12.2. The highest BCUT2D eigenvalue weighted by atomic mass is 35.5. The van der Waals surface area contributed by atoms with Crippen molar-refractivity contribution in [3.8, 4) is 5.75 Å². The van der Waals surface area contributed by atoms with E-state index in [0.717, 1.165) is 11.1 Å². The van der Waals surface area contributed by atoms with Gasteiger partial charge in [0.2, 0.25) is 5.91 Å². The molecule has 1 N–H and O–H groups in total. The molecule has 0 fully saturated rings. The maximum Gasteiger partial charge on any atom is 0.265 e. The smallest absolute Gasteiger partial charge is 0.265 e. The molecular formula is C18H19Cl2NO4S. The molecule has 8 heteroatoms. The van der Waals surface area contributed by atoms with Crippen LogP contribution >= 0.6 is 23.2 Å². The van der Waals surface area contributed by atoms with Crippen molar-refractivity contribution in [3.05, 3.63) is 57.6 Å².